The number of ether oxygens (including phenoxy) is 1. The number of hydrogen-bond acceptors (Lipinski definition) is 5. The van der Waals surface area contributed by atoms with Crippen LogP contribution in [0.5, 0.6) is 0 Å². The molecule has 15 heavy (non-hydrogen) atoms. The molecular weight excluding hydrogens is 198 g/mol. The quantitative estimate of drug-likeness (QED) is 0.454. The first kappa shape index (κ1) is 10.9. The minimum absolute atomic E-state index is 0.100. The van der Waals surface area contributed by atoms with Crippen molar-refractivity contribution < 1.29 is 19.7 Å². The summed E-state index contributed by atoms with van der Waals surface area (Å²) < 4.78 is 5.00. The van der Waals surface area contributed by atoms with Crippen molar-refractivity contribution in [2.24, 2.45) is 0 Å². The molecule has 0 amide bonds. The van der Waals surface area contributed by atoms with Crippen LogP contribution in [0.15, 0.2) is 0 Å². The van der Waals surface area contributed by atoms with E-state index in [4.69, 9.17) is 4.74 Å². The number of piperidine rings is 1. The van der Waals surface area contributed by atoms with Crippen LogP contribution in [-0.2, 0) is 9.53 Å². The second-order valence-corrected chi connectivity index (χ2v) is 4.60. The molecule has 5 nitrogen and oxygen atoms in total. The van der Waals surface area contributed by atoms with Crippen LogP contribution in [0.1, 0.15) is 26.2 Å². The smallest absolute Gasteiger partial charge is 0.305 e. The fourth-order valence-electron chi connectivity index (χ4n) is 2.82. The highest BCUT2D eigenvalue weighted by molar-refractivity contribution is 5.66. The maximum Gasteiger partial charge on any atom is 0.305 e. The SMILES string of the molecule is CC(=O)O[C@]1(O)C[C@@H]2C[C@H](O)C[C@H]1N2C. The Bertz CT molecular complexity index is 283. The highest BCUT2D eigenvalue weighted by Gasteiger charge is 2.55. The van der Waals surface area contributed by atoms with Crippen molar-refractivity contribution in [1.82, 2.24) is 4.90 Å². The van der Waals surface area contributed by atoms with Crippen molar-refractivity contribution in [1.29, 1.82) is 0 Å². The maximum absolute atomic E-state index is 10.9. The van der Waals surface area contributed by atoms with Gasteiger partial charge >= 0.3 is 5.97 Å². The fraction of sp³-hybridized carbons (Fsp3) is 0.900. The number of nitrogens with zero attached hydrogens (tertiary/aromatic N) is 1. The van der Waals surface area contributed by atoms with Gasteiger partial charge in [0.05, 0.1) is 12.1 Å². The summed E-state index contributed by atoms with van der Waals surface area (Å²) >= 11 is 0. The lowest BCUT2D eigenvalue weighted by atomic mass is 10.00. The van der Waals surface area contributed by atoms with Gasteiger partial charge in [0.15, 0.2) is 0 Å². The summed E-state index contributed by atoms with van der Waals surface area (Å²) in [5.74, 6) is -1.89. The van der Waals surface area contributed by atoms with Gasteiger partial charge in [-0.15, -0.1) is 0 Å². The molecule has 0 aromatic rings. The highest BCUT2D eigenvalue weighted by atomic mass is 16.7. The van der Waals surface area contributed by atoms with Crippen LogP contribution in [0.25, 0.3) is 0 Å². The summed E-state index contributed by atoms with van der Waals surface area (Å²) in [5.41, 5.74) is 0. The van der Waals surface area contributed by atoms with Crippen LogP contribution in [0.4, 0.5) is 0 Å². The molecule has 2 saturated heterocycles. The van der Waals surface area contributed by atoms with Gasteiger partial charge in [0, 0.05) is 19.4 Å². The molecule has 0 spiro atoms. The number of hydrogen-bond donors (Lipinski definition) is 2. The van der Waals surface area contributed by atoms with E-state index < -0.39 is 17.9 Å². The Morgan fingerprint density at radius 1 is 1.53 bits per heavy atom. The zero-order valence-electron chi connectivity index (χ0n) is 9.01. The minimum Gasteiger partial charge on any atom is -0.432 e. The van der Waals surface area contributed by atoms with Crippen molar-refractivity contribution in [3.05, 3.63) is 0 Å². The monoisotopic (exact) mass is 215 g/mol. The highest BCUT2D eigenvalue weighted by Crippen LogP contribution is 2.41. The van der Waals surface area contributed by atoms with Crippen LogP contribution < -0.4 is 0 Å². The second-order valence-electron chi connectivity index (χ2n) is 4.60. The second kappa shape index (κ2) is 3.43. The van der Waals surface area contributed by atoms with E-state index in [9.17, 15) is 15.0 Å². The Morgan fingerprint density at radius 2 is 2.20 bits per heavy atom. The Hall–Kier alpha value is -0.650. The van der Waals surface area contributed by atoms with Crippen LogP contribution in [-0.4, -0.2) is 52.1 Å². The Morgan fingerprint density at radius 3 is 2.80 bits per heavy atom. The van der Waals surface area contributed by atoms with E-state index in [0.717, 1.165) is 0 Å². The van der Waals surface area contributed by atoms with Gasteiger partial charge in [-0.2, -0.15) is 0 Å². The topological polar surface area (TPSA) is 70.0 Å². The molecule has 2 rings (SSSR count). The van der Waals surface area contributed by atoms with Gasteiger partial charge in [-0.1, -0.05) is 0 Å². The van der Waals surface area contributed by atoms with Crippen molar-refractivity contribution >= 4 is 5.97 Å². The zero-order chi connectivity index (χ0) is 11.2. The van der Waals surface area contributed by atoms with Gasteiger partial charge in [-0.25, -0.2) is 0 Å². The minimum atomic E-state index is -1.41. The van der Waals surface area contributed by atoms with Gasteiger partial charge in [0.1, 0.15) is 0 Å². The normalized spacial score (nSPS) is 45.5. The molecule has 86 valence electrons. The average Bonchev–Trinajstić information content (AvgIpc) is 2.26. The number of carbonyl (C=O) groups excluding carboxylic acids is 1. The van der Waals surface area contributed by atoms with E-state index in [-0.39, 0.29) is 12.1 Å². The zero-order valence-corrected chi connectivity index (χ0v) is 9.01. The third kappa shape index (κ3) is 1.75. The molecule has 0 aromatic carbocycles. The number of likely N-dealkylation sites (N-methyl/N-ethyl adjacent to an activating group) is 1. The lowest BCUT2D eigenvalue weighted by Gasteiger charge is -2.36. The average molecular weight is 215 g/mol. The van der Waals surface area contributed by atoms with Gasteiger partial charge in [-0.05, 0) is 19.9 Å². The first-order valence-electron chi connectivity index (χ1n) is 5.24. The molecule has 0 aromatic heterocycles. The van der Waals surface area contributed by atoms with Crippen molar-refractivity contribution in [2.45, 2.75) is 50.2 Å². The third-order valence-electron chi connectivity index (χ3n) is 3.48. The predicted molar refractivity (Wildman–Crippen MR) is 51.9 cm³/mol. The number of aliphatic hydroxyl groups excluding tert-OH is 1. The van der Waals surface area contributed by atoms with Crippen LogP contribution in [0.2, 0.25) is 0 Å². The van der Waals surface area contributed by atoms with Gasteiger partial charge in [0.2, 0.25) is 5.79 Å². The van der Waals surface area contributed by atoms with Crippen LogP contribution in [0, 0.1) is 0 Å². The summed E-state index contributed by atoms with van der Waals surface area (Å²) in [7, 11) is 1.89. The van der Waals surface area contributed by atoms with E-state index in [2.05, 4.69) is 0 Å². The molecule has 2 aliphatic rings. The lowest BCUT2D eigenvalue weighted by Crippen LogP contribution is -2.50. The summed E-state index contributed by atoms with van der Waals surface area (Å²) in [6, 6.07) is -0.182. The first-order valence-corrected chi connectivity index (χ1v) is 5.24. The van der Waals surface area contributed by atoms with E-state index >= 15 is 0 Å². The number of carbonyl (C=O) groups is 1. The Kier molecular flexibility index (Phi) is 2.48. The van der Waals surface area contributed by atoms with E-state index in [0.29, 0.717) is 19.3 Å². The standard InChI is InChI=1S/C10H17NO4/c1-6(12)15-10(14)5-7-3-8(13)4-9(10)11(7)2/h7-9,13-14H,3-5H2,1-2H3/t7-,8-,9+,10+/m0/s1. The molecule has 0 radical (unpaired) electrons. The molecule has 2 aliphatic heterocycles. The Labute approximate surface area is 88.6 Å². The fourth-order valence-corrected chi connectivity index (χ4v) is 2.82. The molecular formula is C10H17NO4. The number of aliphatic hydroxyl groups is 2. The third-order valence-corrected chi connectivity index (χ3v) is 3.48. The van der Waals surface area contributed by atoms with E-state index in [1.54, 1.807) is 0 Å². The van der Waals surface area contributed by atoms with E-state index in [1.807, 2.05) is 11.9 Å². The molecule has 0 unspecified atom stereocenters. The molecule has 0 saturated carbocycles. The number of fused-ring (bicyclic) bond motifs is 2. The largest absolute Gasteiger partial charge is 0.432 e. The summed E-state index contributed by atoms with van der Waals surface area (Å²) in [4.78, 5) is 12.9. The van der Waals surface area contributed by atoms with Crippen molar-refractivity contribution in [3.63, 3.8) is 0 Å². The molecule has 5 heteroatoms. The number of rotatable bonds is 1. The molecule has 0 aliphatic carbocycles. The first-order chi connectivity index (χ1) is 6.92. The molecule has 2 N–H and O–H groups in total. The maximum atomic E-state index is 10.9. The van der Waals surface area contributed by atoms with Gasteiger partial charge < -0.3 is 14.9 Å². The van der Waals surface area contributed by atoms with Gasteiger partial charge in [0.25, 0.3) is 0 Å². The predicted octanol–water partition coefficient (Wildman–Crippen LogP) is -0.535. The van der Waals surface area contributed by atoms with Crippen molar-refractivity contribution in [3.8, 4) is 0 Å². The van der Waals surface area contributed by atoms with Crippen LogP contribution >= 0.6 is 0 Å². The summed E-state index contributed by atoms with van der Waals surface area (Å²) in [6.07, 6.45) is 1.08. The summed E-state index contributed by atoms with van der Waals surface area (Å²) in [5, 5.41) is 19.8. The molecule has 2 fully saturated rings. The Balaban J connectivity index is 2.19. The summed E-state index contributed by atoms with van der Waals surface area (Å²) in [6.45, 7) is 1.29. The molecule has 4 atom stereocenters. The molecule has 2 bridgehead atoms. The van der Waals surface area contributed by atoms with E-state index in [1.165, 1.54) is 6.92 Å². The number of esters is 1. The van der Waals surface area contributed by atoms with Crippen LogP contribution in [0.3, 0.4) is 0 Å². The van der Waals surface area contributed by atoms with Gasteiger partial charge in [-0.3, -0.25) is 9.69 Å². The lowest BCUT2D eigenvalue weighted by molar-refractivity contribution is -0.217. The van der Waals surface area contributed by atoms with Crippen molar-refractivity contribution in [2.75, 3.05) is 7.05 Å². The molecule has 2 heterocycles.